The first-order chi connectivity index (χ1) is 7.87. The molecular formula is C13H18N2O2. The average Bonchev–Trinajstić information content (AvgIpc) is 2.18. The number of hydrazone groups is 1. The molecule has 0 saturated carbocycles. The van der Waals surface area contributed by atoms with E-state index >= 15 is 0 Å². The van der Waals surface area contributed by atoms with E-state index in [1.165, 1.54) is 13.1 Å². The third kappa shape index (κ3) is 5.70. The van der Waals surface area contributed by atoms with Crippen molar-refractivity contribution >= 4 is 17.7 Å². The molecule has 1 rings (SSSR count). The molecular weight excluding hydrogens is 216 g/mol. The largest absolute Gasteiger partial charge is 0.488 e. The lowest BCUT2D eigenvalue weighted by Crippen LogP contribution is -2.22. The van der Waals surface area contributed by atoms with Gasteiger partial charge in [0.15, 0.2) is 5.78 Å². The van der Waals surface area contributed by atoms with Crippen LogP contribution in [0.4, 0.5) is 5.69 Å². The van der Waals surface area contributed by atoms with Crippen molar-refractivity contribution in [3.63, 3.8) is 0 Å². The molecule has 0 aromatic heterocycles. The molecule has 17 heavy (non-hydrogen) atoms. The van der Waals surface area contributed by atoms with Crippen LogP contribution in [0.5, 0.6) is 5.75 Å². The molecule has 0 bridgehead atoms. The highest BCUT2D eigenvalue weighted by Crippen LogP contribution is 2.20. The van der Waals surface area contributed by atoms with Crippen LogP contribution in [0.15, 0.2) is 29.4 Å². The van der Waals surface area contributed by atoms with Gasteiger partial charge in [-0.1, -0.05) is 0 Å². The quantitative estimate of drug-likeness (QED) is 0.643. The molecule has 0 aliphatic carbocycles. The van der Waals surface area contributed by atoms with Crippen LogP contribution in [-0.2, 0) is 4.79 Å². The van der Waals surface area contributed by atoms with Crippen LogP contribution in [0, 0.1) is 0 Å². The van der Waals surface area contributed by atoms with E-state index in [0.717, 1.165) is 11.4 Å². The van der Waals surface area contributed by atoms with Crippen LogP contribution < -0.4 is 10.2 Å². The van der Waals surface area contributed by atoms with Crippen LogP contribution in [0.3, 0.4) is 0 Å². The summed E-state index contributed by atoms with van der Waals surface area (Å²) in [5.74, 6) is 0.712. The lowest BCUT2D eigenvalue weighted by atomic mass is 10.2. The molecule has 0 spiro atoms. The fourth-order valence-electron chi connectivity index (χ4n) is 1.15. The minimum Gasteiger partial charge on any atom is -0.488 e. The second kappa shape index (κ2) is 5.48. The molecule has 92 valence electrons. The van der Waals surface area contributed by atoms with Crippen molar-refractivity contribution in [3.8, 4) is 5.75 Å². The fourth-order valence-corrected chi connectivity index (χ4v) is 1.15. The van der Waals surface area contributed by atoms with Gasteiger partial charge in [0.25, 0.3) is 0 Å². The van der Waals surface area contributed by atoms with Gasteiger partial charge in [-0.15, -0.1) is 0 Å². The van der Waals surface area contributed by atoms with Crippen molar-refractivity contribution < 1.29 is 9.53 Å². The number of ketones is 1. The molecule has 1 aromatic rings. The lowest BCUT2D eigenvalue weighted by Gasteiger charge is -2.21. The average molecular weight is 234 g/mol. The van der Waals surface area contributed by atoms with Crippen molar-refractivity contribution in [2.75, 3.05) is 5.43 Å². The minimum atomic E-state index is -0.207. The first kappa shape index (κ1) is 13.2. The number of nitrogens with one attached hydrogen (secondary N) is 1. The van der Waals surface area contributed by atoms with Crippen LogP contribution >= 0.6 is 0 Å². The molecule has 0 unspecified atom stereocenters. The molecule has 0 aliphatic heterocycles. The van der Waals surface area contributed by atoms with Gasteiger partial charge in [0.1, 0.15) is 11.4 Å². The van der Waals surface area contributed by atoms with E-state index < -0.39 is 0 Å². The van der Waals surface area contributed by atoms with Crippen LogP contribution in [0.2, 0.25) is 0 Å². The van der Waals surface area contributed by atoms with E-state index in [9.17, 15) is 4.79 Å². The molecule has 0 amide bonds. The number of ether oxygens (including phenoxy) is 1. The molecule has 1 aromatic carbocycles. The number of hydrogen-bond donors (Lipinski definition) is 1. The van der Waals surface area contributed by atoms with Crippen molar-refractivity contribution in [2.45, 2.75) is 33.3 Å². The molecule has 0 aliphatic rings. The maximum absolute atomic E-state index is 10.6. The molecule has 4 heteroatoms. The number of hydrogen-bond acceptors (Lipinski definition) is 4. The van der Waals surface area contributed by atoms with E-state index in [-0.39, 0.29) is 11.4 Å². The summed E-state index contributed by atoms with van der Waals surface area (Å²) in [6.07, 6.45) is 1.24. The maximum Gasteiger partial charge on any atom is 0.172 e. The fraction of sp³-hybridized carbons (Fsp3) is 0.385. The van der Waals surface area contributed by atoms with E-state index in [1.54, 1.807) is 0 Å². The molecule has 0 fully saturated rings. The molecule has 0 radical (unpaired) electrons. The molecule has 0 heterocycles. The summed E-state index contributed by atoms with van der Waals surface area (Å²) in [7, 11) is 0. The second-order valence-corrected chi connectivity index (χ2v) is 4.72. The van der Waals surface area contributed by atoms with Crippen molar-refractivity contribution in [2.24, 2.45) is 5.10 Å². The normalized spacial score (nSPS) is 11.5. The predicted octanol–water partition coefficient (Wildman–Crippen LogP) is 2.85. The summed E-state index contributed by atoms with van der Waals surface area (Å²) in [4.78, 5) is 10.6. The Morgan fingerprint density at radius 3 is 2.35 bits per heavy atom. The SMILES string of the molecule is CC(=O)C=NNc1ccc(OC(C)(C)C)cc1. The Labute approximate surface area is 102 Å². The number of Topliss-reactive ketones (excluding diaryl/α,β-unsaturated/α-hetero) is 1. The monoisotopic (exact) mass is 234 g/mol. The van der Waals surface area contributed by atoms with Crippen LogP contribution in [-0.4, -0.2) is 17.6 Å². The van der Waals surface area contributed by atoms with Gasteiger partial charge in [0.05, 0.1) is 11.9 Å². The first-order valence-electron chi connectivity index (χ1n) is 5.45. The summed E-state index contributed by atoms with van der Waals surface area (Å²) in [5, 5.41) is 3.78. The summed E-state index contributed by atoms with van der Waals surface area (Å²) < 4.78 is 5.68. The number of benzene rings is 1. The minimum absolute atomic E-state index is 0.0924. The first-order valence-corrected chi connectivity index (χ1v) is 5.45. The predicted molar refractivity (Wildman–Crippen MR) is 69.6 cm³/mol. The van der Waals surface area contributed by atoms with Crippen LogP contribution in [0.25, 0.3) is 0 Å². The number of anilines is 1. The Hall–Kier alpha value is -1.84. The molecule has 4 nitrogen and oxygen atoms in total. The standard InChI is InChI=1S/C13H18N2O2/c1-10(16)9-14-15-11-5-7-12(8-6-11)17-13(2,3)4/h5-9,15H,1-4H3. The van der Waals surface area contributed by atoms with Gasteiger partial charge < -0.3 is 4.74 Å². The lowest BCUT2D eigenvalue weighted by molar-refractivity contribution is -0.110. The van der Waals surface area contributed by atoms with Crippen molar-refractivity contribution in [1.82, 2.24) is 0 Å². The van der Waals surface area contributed by atoms with Gasteiger partial charge in [0, 0.05) is 6.92 Å². The zero-order valence-corrected chi connectivity index (χ0v) is 10.7. The number of carbonyl (C=O) groups excluding carboxylic acids is 1. The van der Waals surface area contributed by atoms with Gasteiger partial charge in [-0.05, 0) is 45.0 Å². The summed E-state index contributed by atoms with van der Waals surface area (Å²) >= 11 is 0. The molecule has 1 N–H and O–H groups in total. The van der Waals surface area contributed by atoms with E-state index in [4.69, 9.17) is 4.74 Å². The maximum atomic E-state index is 10.6. The van der Waals surface area contributed by atoms with E-state index in [1.807, 2.05) is 45.0 Å². The van der Waals surface area contributed by atoms with Crippen molar-refractivity contribution in [1.29, 1.82) is 0 Å². The van der Waals surface area contributed by atoms with E-state index in [0.29, 0.717) is 0 Å². The van der Waals surface area contributed by atoms with Crippen LogP contribution in [0.1, 0.15) is 27.7 Å². The zero-order chi connectivity index (χ0) is 12.9. The number of nitrogens with zero attached hydrogens (tertiary/aromatic N) is 1. The zero-order valence-electron chi connectivity index (χ0n) is 10.7. The summed E-state index contributed by atoms with van der Waals surface area (Å²) in [6, 6.07) is 7.41. The van der Waals surface area contributed by atoms with Gasteiger partial charge in [-0.2, -0.15) is 5.10 Å². The number of carbonyl (C=O) groups is 1. The highest BCUT2D eigenvalue weighted by molar-refractivity contribution is 6.26. The Balaban J connectivity index is 2.59. The molecule has 0 saturated heterocycles. The highest BCUT2D eigenvalue weighted by Gasteiger charge is 2.11. The van der Waals surface area contributed by atoms with Crippen molar-refractivity contribution in [3.05, 3.63) is 24.3 Å². The third-order valence-electron chi connectivity index (χ3n) is 1.72. The van der Waals surface area contributed by atoms with Gasteiger partial charge in [-0.3, -0.25) is 10.2 Å². The van der Waals surface area contributed by atoms with E-state index in [2.05, 4.69) is 10.5 Å². The summed E-state index contributed by atoms with van der Waals surface area (Å²) in [6.45, 7) is 7.44. The second-order valence-electron chi connectivity index (χ2n) is 4.72. The van der Waals surface area contributed by atoms with Gasteiger partial charge in [-0.25, -0.2) is 0 Å². The molecule has 0 atom stereocenters. The topological polar surface area (TPSA) is 50.7 Å². The Bertz CT molecular complexity index is 402. The third-order valence-corrected chi connectivity index (χ3v) is 1.72. The Morgan fingerprint density at radius 1 is 1.29 bits per heavy atom. The Kier molecular flexibility index (Phi) is 4.26. The summed E-state index contributed by atoms with van der Waals surface area (Å²) in [5.41, 5.74) is 3.36. The Morgan fingerprint density at radius 2 is 1.88 bits per heavy atom. The van der Waals surface area contributed by atoms with Gasteiger partial charge >= 0.3 is 0 Å². The highest BCUT2D eigenvalue weighted by atomic mass is 16.5. The van der Waals surface area contributed by atoms with Gasteiger partial charge in [0.2, 0.25) is 0 Å². The number of rotatable bonds is 4. The smallest absolute Gasteiger partial charge is 0.172 e.